The van der Waals surface area contributed by atoms with E-state index in [-0.39, 0.29) is 23.7 Å². The molecule has 1 amide bonds. The van der Waals surface area contributed by atoms with Crippen molar-refractivity contribution in [2.45, 2.75) is 32.1 Å². The summed E-state index contributed by atoms with van der Waals surface area (Å²) < 4.78 is 0. The molecule has 4 rings (SSSR count). The lowest BCUT2D eigenvalue weighted by Gasteiger charge is -2.41. The van der Waals surface area contributed by atoms with E-state index in [1.54, 1.807) is 18.3 Å². The van der Waals surface area contributed by atoms with Gasteiger partial charge in [-0.1, -0.05) is 6.42 Å². The van der Waals surface area contributed by atoms with Crippen LogP contribution >= 0.6 is 0 Å². The van der Waals surface area contributed by atoms with Crippen LogP contribution in [0.2, 0.25) is 0 Å². The number of nitrogens with zero attached hydrogens (tertiary/aromatic N) is 4. The minimum absolute atomic E-state index is 0.0228. The number of fused-ring (bicyclic) bond motifs is 2. The molecule has 3 fully saturated rings. The van der Waals surface area contributed by atoms with Gasteiger partial charge in [0, 0.05) is 50.1 Å². The van der Waals surface area contributed by atoms with Crippen LogP contribution in [-0.2, 0) is 9.59 Å². The third-order valence-electron chi connectivity index (χ3n) is 6.19. The average molecular weight is 352 g/mol. The maximum Gasteiger partial charge on any atom is 0.225 e. The monoisotopic (exact) mass is 352 g/mol. The molecule has 26 heavy (non-hydrogen) atoms. The number of pyridine rings is 1. The lowest BCUT2D eigenvalue weighted by Crippen LogP contribution is -2.52. The maximum absolute atomic E-state index is 13.0. The fourth-order valence-corrected chi connectivity index (χ4v) is 4.76. The second-order valence-corrected chi connectivity index (χ2v) is 7.72. The largest absolute Gasteiger partial charge is 0.353 e. The van der Waals surface area contributed by atoms with Gasteiger partial charge in [-0.15, -0.1) is 0 Å². The third kappa shape index (κ3) is 3.18. The van der Waals surface area contributed by atoms with Gasteiger partial charge in [0.15, 0.2) is 0 Å². The Kier molecular flexibility index (Phi) is 4.62. The van der Waals surface area contributed by atoms with E-state index in [4.69, 9.17) is 5.26 Å². The molecule has 3 aliphatic rings. The van der Waals surface area contributed by atoms with Crippen molar-refractivity contribution in [3.05, 3.63) is 23.9 Å². The van der Waals surface area contributed by atoms with Crippen LogP contribution in [0.1, 0.15) is 37.7 Å². The number of hydrogen-bond acceptors (Lipinski definition) is 5. The molecule has 6 nitrogen and oxygen atoms in total. The van der Waals surface area contributed by atoms with Crippen molar-refractivity contribution in [1.82, 2.24) is 9.88 Å². The van der Waals surface area contributed by atoms with Crippen LogP contribution in [0.5, 0.6) is 0 Å². The molecule has 1 saturated heterocycles. The summed E-state index contributed by atoms with van der Waals surface area (Å²) in [5.74, 6) is 1.70. The van der Waals surface area contributed by atoms with Crippen molar-refractivity contribution in [2.24, 2.45) is 17.8 Å². The zero-order valence-corrected chi connectivity index (χ0v) is 14.9. The van der Waals surface area contributed by atoms with Gasteiger partial charge in [0.2, 0.25) is 5.91 Å². The van der Waals surface area contributed by atoms with Crippen molar-refractivity contribution in [1.29, 1.82) is 5.26 Å². The molecule has 2 bridgehead atoms. The number of piperazine rings is 1. The molecule has 2 unspecified atom stereocenters. The first kappa shape index (κ1) is 17.0. The number of Topliss-reactive ketones (excluding diaryl/α,β-unsaturated/α-hetero) is 1. The predicted octanol–water partition coefficient (Wildman–Crippen LogP) is 2.00. The van der Waals surface area contributed by atoms with E-state index in [1.165, 1.54) is 0 Å². The highest BCUT2D eigenvalue weighted by molar-refractivity contribution is 5.88. The molecule has 6 heteroatoms. The Hall–Kier alpha value is -2.42. The lowest BCUT2D eigenvalue weighted by atomic mass is 9.67. The first-order chi connectivity index (χ1) is 12.7. The molecule has 0 aromatic carbocycles. The van der Waals surface area contributed by atoms with Crippen LogP contribution in [0.4, 0.5) is 5.82 Å². The summed E-state index contributed by atoms with van der Waals surface area (Å²) >= 11 is 0. The van der Waals surface area contributed by atoms with E-state index >= 15 is 0 Å². The third-order valence-corrected chi connectivity index (χ3v) is 6.19. The molecule has 0 N–H and O–H groups in total. The number of ketones is 1. The van der Waals surface area contributed by atoms with Gasteiger partial charge < -0.3 is 9.80 Å². The van der Waals surface area contributed by atoms with Crippen molar-refractivity contribution in [3.63, 3.8) is 0 Å². The zero-order valence-electron chi connectivity index (χ0n) is 14.9. The number of nitriles is 1. The van der Waals surface area contributed by atoms with Gasteiger partial charge >= 0.3 is 0 Å². The van der Waals surface area contributed by atoms with Crippen molar-refractivity contribution in [3.8, 4) is 6.07 Å². The molecular weight excluding hydrogens is 328 g/mol. The minimum Gasteiger partial charge on any atom is -0.353 e. The number of rotatable bonds is 2. The lowest BCUT2D eigenvalue weighted by molar-refractivity contribution is -0.143. The van der Waals surface area contributed by atoms with Gasteiger partial charge in [0.25, 0.3) is 0 Å². The highest BCUT2D eigenvalue weighted by atomic mass is 16.2. The van der Waals surface area contributed by atoms with Crippen LogP contribution in [-0.4, -0.2) is 47.8 Å². The summed E-state index contributed by atoms with van der Waals surface area (Å²) in [5.41, 5.74) is 0.604. The Morgan fingerprint density at radius 2 is 1.85 bits per heavy atom. The summed E-state index contributed by atoms with van der Waals surface area (Å²) in [6.07, 6.45) is 6.22. The van der Waals surface area contributed by atoms with Crippen LogP contribution in [0.3, 0.4) is 0 Å². The maximum atomic E-state index is 13.0. The molecule has 1 aliphatic heterocycles. The second kappa shape index (κ2) is 7.06. The Balaban J connectivity index is 1.36. The predicted molar refractivity (Wildman–Crippen MR) is 96.3 cm³/mol. The van der Waals surface area contributed by atoms with E-state index in [2.05, 4.69) is 16.0 Å². The van der Waals surface area contributed by atoms with E-state index in [0.717, 1.165) is 51.0 Å². The molecule has 1 aromatic heterocycles. The first-order valence-corrected chi connectivity index (χ1v) is 9.59. The molecule has 2 aliphatic carbocycles. The molecule has 1 aromatic rings. The van der Waals surface area contributed by atoms with Crippen LogP contribution < -0.4 is 4.90 Å². The highest BCUT2D eigenvalue weighted by Gasteiger charge is 2.42. The van der Waals surface area contributed by atoms with Gasteiger partial charge in [0.05, 0.1) is 11.6 Å². The minimum atomic E-state index is 0.0228. The number of hydrogen-bond donors (Lipinski definition) is 0. The van der Waals surface area contributed by atoms with E-state index in [9.17, 15) is 9.59 Å². The normalized spacial score (nSPS) is 28.6. The van der Waals surface area contributed by atoms with Gasteiger partial charge in [-0.3, -0.25) is 9.59 Å². The van der Waals surface area contributed by atoms with Crippen molar-refractivity contribution in [2.75, 3.05) is 31.1 Å². The van der Waals surface area contributed by atoms with Crippen LogP contribution in [0.15, 0.2) is 18.3 Å². The average Bonchev–Trinajstić information content (AvgIpc) is 2.67. The van der Waals surface area contributed by atoms with Gasteiger partial charge in [-0.05, 0) is 37.8 Å². The summed E-state index contributed by atoms with van der Waals surface area (Å²) in [4.78, 5) is 33.7. The molecule has 2 heterocycles. The van der Waals surface area contributed by atoms with Crippen molar-refractivity contribution < 1.29 is 9.59 Å². The van der Waals surface area contributed by atoms with E-state index in [1.807, 2.05) is 4.90 Å². The summed E-state index contributed by atoms with van der Waals surface area (Å²) in [5, 5.41) is 9.03. The second-order valence-electron chi connectivity index (χ2n) is 7.72. The molecular formula is C20H24N4O2. The summed E-state index contributed by atoms with van der Waals surface area (Å²) in [6.45, 7) is 2.81. The van der Waals surface area contributed by atoms with E-state index in [0.29, 0.717) is 24.4 Å². The molecule has 136 valence electrons. The fraction of sp³-hybridized carbons (Fsp3) is 0.600. The molecule has 0 spiro atoms. The summed E-state index contributed by atoms with van der Waals surface area (Å²) in [7, 11) is 0. The molecule has 2 atom stereocenters. The number of amides is 1. The van der Waals surface area contributed by atoms with Gasteiger partial charge in [-0.25, -0.2) is 4.98 Å². The number of carbonyl (C=O) groups excluding carboxylic acids is 2. The number of carbonyl (C=O) groups is 2. The highest BCUT2D eigenvalue weighted by Crippen LogP contribution is 2.40. The Labute approximate surface area is 153 Å². The van der Waals surface area contributed by atoms with Crippen molar-refractivity contribution >= 4 is 17.5 Å². The van der Waals surface area contributed by atoms with E-state index < -0.39 is 0 Å². The molecule has 0 radical (unpaired) electrons. The van der Waals surface area contributed by atoms with Gasteiger partial charge in [0.1, 0.15) is 11.6 Å². The fourth-order valence-electron chi connectivity index (χ4n) is 4.76. The summed E-state index contributed by atoms with van der Waals surface area (Å²) in [6, 6.07) is 5.64. The Morgan fingerprint density at radius 1 is 1.15 bits per heavy atom. The number of aromatic nitrogens is 1. The topological polar surface area (TPSA) is 77.3 Å². The zero-order chi connectivity index (χ0) is 18.1. The molecule has 2 saturated carbocycles. The Morgan fingerprint density at radius 3 is 2.50 bits per heavy atom. The standard InChI is InChI=1S/C20H24N4O2/c21-13-14-4-5-22-18(10-14)23-6-8-24(9-7-23)20(26)17-11-15-2-1-3-16(12-17)19(15)25/h4-5,10,15-17H,1-3,6-9,11-12H2. The first-order valence-electron chi connectivity index (χ1n) is 9.59. The quantitative estimate of drug-likeness (QED) is 0.813. The van der Waals surface area contributed by atoms with Crippen LogP contribution in [0.25, 0.3) is 0 Å². The smallest absolute Gasteiger partial charge is 0.225 e. The number of anilines is 1. The Bertz CT molecular complexity index is 732. The SMILES string of the molecule is N#Cc1ccnc(N2CCN(C(=O)C3CC4CCCC(C3)C4=O)CC2)c1. The van der Waals surface area contributed by atoms with Crippen LogP contribution in [0, 0.1) is 29.1 Å². The van der Waals surface area contributed by atoms with Gasteiger partial charge in [-0.2, -0.15) is 5.26 Å².